The molecule has 0 aromatic carbocycles. The molecule has 2 unspecified atom stereocenters. The third kappa shape index (κ3) is 2.27. The molecular formula is C11H25N3. The Bertz CT molecular complexity index is 189. The predicted molar refractivity (Wildman–Crippen MR) is 61.3 cm³/mol. The van der Waals surface area contributed by atoms with Crippen LogP contribution in [0.4, 0.5) is 0 Å². The molecule has 2 atom stereocenters. The molecule has 0 aliphatic carbocycles. The van der Waals surface area contributed by atoms with Gasteiger partial charge in [-0.1, -0.05) is 6.92 Å². The fourth-order valence-corrected chi connectivity index (χ4v) is 2.25. The minimum Gasteiger partial charge on any atom is -0.329 e. The fraction of sp³-hybridized carbons (Fsp3) is 1.00. The molecule has 0 aromatic heterocycles. The Morgan fingerprint density at radius 2 is 1.93 bits per heavy atom. The van der Waals surface area contributed by atoms with Crippen molar-refractivity contribution in [3.05, 3.63) is 0 Å². The molecule has 0 saturated carbocycles. The lowest BCUT2D eigenvalue weighted by Gasteiger charge is -2.34. The summed E-state index contributed by atoms with van der Waals surface area (Å²) >= 11 is 0. The predicted octanol–water partition coefficient (Wildman–Crippen LogP) is 0.606. The van der Waals surface area contributed by atoms with Crippen LogP contribution < -0.4 is 5.73 Å². The van der Waals surface area contributed by atoms with Gasteiger partial charge in [-0.25, -0.2) is 0 Å². The molecule has 0 radical (unpaired) electrons. The lowest BCUT2D eigenvalue weighted by molar-refractivity contribution is 0.148. The average molecular weight is 199 g/mol. The lowest BCUT2D eigenvalue weighted by atomic mass is 10.0. The molecule has 84 valence electrons. The fourth-order valence-electron chi connectivity index (χ4n) is 2.25. The minimum atomic E-state index is 0.152. The monoisotopic (exact) mass is 199 g/mol. The zero-order valence-corrected chi connectivity index (χ0v) is 10.2. The second-order valence-corrected chi connectivity index (χ2v) is 5.43. The van der Waals surface area contributed by atoms with Gasteiger partial charge in [-0.2, -0.15) is 0 Å². The molecule has 14 heavy (non-hydrogen) atoms. The molecule has 2 N–H and O–H groups in total. The van der Waals surface area contributed by atoms with Crippen LogP contribution in [0.5, 0.6) is 0 Å². The molecule has 0 aromatic rings. The van der Waals surface area contributed by atoms with Crippen molar-refractivity contribution in [3.63, 3.8) is 0 Å². The van der Waals surface area contributed by atoms with Crippen molar-refractivity contribution in [2.75, 3.05) is 33.7 Å². The topological polar surface area (TPSA) is 32.5 Å². The first-order valence-electron chi connectivity index (χ1n) is 5.50. The number of rotatable bonds is 3. The molecule has 3 heteroatoms. The number of likely N-dealkylation sites (tertiary alicyclic amines) is 1. The van der Waals surface area contributed by atoms with E-state index in [1.165, 1.54) is 6.54 Å². The Labute approximate surface area is 88.2 Å². The van der Waals surface area contributed by atoms with Gasteiger partial charge in [-0.15, -0.1) is 0 Å². The van der Waals surface area contributed by atoms with Gasteiger partial charge in [0.1, 0.15) is 0 Å². The van der Waals surface area contributed by atoms with Gasteiger partial charge in [0.15, 0.2) is 0 Å². The summed E-state index contributed by atoms with van der Waals surface area (Å²) in [4.78, 5) is 4.85. The van der Waals surface area contributed by atoms with Crippen molar-refractivity contribution in [1.29, 1.82) is 0 Å². The van der Waals surface area contributed by atoms with Crippen LogP contribution in [-0.4, -0.2) is 55.1 Å². The molecule has 1 fully saturated rings. The van der Waals surface area contributed by atoms with Crippen molar-refractivity contribution in [2.24, 2.45) is 11.7 Å². The highest BCUT2D eigenvalue weighted by Crippen LogP contribution is 2.26. The second kappa shape index (κ2) is 4.17. The summed E-state index contributed by atoms with van der Waals surface area (Å²) in [5, 5.41) is 0. The van der Waals surface area contributed by atoms with Crippen LogP contribution in [0.3, 0.4) is 0 Å². The van der Waals surface area contributed by atoms with E-state index in [9.17, 15) is 0 Å². The summed E-state index contributed by atoms with van der Waals surface area (Å²) in [6.45, 7) is 9.86. The first-order chi connectivity index (χ1) is 6.38. The van der Waals surface area contributed by atoms with E-state index in [0.717, 1.165) is 19.0 Å². The largest absolute Gasteiger partial charge is 0.329 e. The van der Waals surface area contributed by atoms with Crippen molar-refractivity contribution in [2.45, 2.75) is 32.4 Å². The van der Waals surface area contributed by atoms with Gasteiger partial charge in [0.2, 0.25) is 0 Å². The molecule has 0 spiro atoms. The summed E-state index contributed by atoms with van der Waals surface area (Å²) in [6.07, 6.45) is 0. The first-order valence-corrected chi connectivity index (χ1v) is 5.50. The van der Waals surface area contributed by atoms with Crippen LogP contribution in [0.25, 0.3) is 0 Å². The van der Waals surface area contributed by atoms with E-state index in [2.05, 4.69) is 44.7 Å². The van der Waals surface area contributed by atoms with Crippen molar-refractivity contribution >= 4 is 0 Å². The van der Waals surface area contributed by atoms with E-state index in [1.54, 1.807) is 0 Å². The molecule has 1 aliphatic heterocycles. The Balaban J connectivity index is 2.63. The lowest BCUT2D eigenvalue weighted by Crippen LogP contribution is -2.49. The molecular weight excluding hydrogens is 174 g/mol. The van der Waals surface area contributed by atoms with E-state index in [-0.39, 0.29) is 5.54 Å². The van der Waals surface area contributed by atoms with E-state index in [0.29, 0.717) is 6.04 Å². The summed E-state index contributed by atoms with van der Waals surface area (Å²) in [6, 6.07) is 0.681. The van der Waals surface area contributed by atoms with Gasteiger partial charge in [-0.05, 0) is 33.9 Å². The Hall–Kier alpha value is -0.120. The summed E-state index contributed by atoms with van der Waals surface area (Å²) in [5.41, 5.74) is 5.95. The third-order valence-electron chi connectivity index (χ3n) is 3.59. The Kier molecular flexibility index (Phi) is 3.56. The summed E-state index contributed by atoms with van der Waals surface area (Å²) in [5.74, 6) is 0.746. The van der Waals surface area contributed by atoms with Gasteiger partial charge >= 0.3 is 0 Å². The standard InChI is InChI=1S/C11H25N3/c1-9-6-14(11(2,3)8-12)7-10(9)13(4)5/h9-10H,6-8,12H2,1-5H3. The van der Waals surface area contributed by atoms with Crippen LogP contribution in [0.2, 0.25) is 0 Å². The minimum absolute atomic E-state index is 0.152. The van der Waals surface area contributed by atoms with E-state index >= 15 is 0 Å². The quantitative estimate of drug-likeness (QED) is 0.723. The van der Waals surface area contributed by atoms with Crippen molar-refractivity contribution < 1.29 is 0 Å². The van der Waals surface area contributed by atoms with Gasteiger partial charge in [0.25, 0.3) is 0 Å². The van der Waals surface area contributed by atoms with E-state index in [4.69, 9.17) is 5.73 Å². The molecule has 1 saturated heterocycles. The summed E-state index contributed by atoms with van der Waals surface area (Å²) in [7, 11) is 4.33. The number of likely N-dealkylation sites (N-methyl/N-ethyl adjacent to an activating group) is 1. The zero-order valence-electron chi connectivity index (χ0n) is 10.2. The van der Waals surface area contributed by atoms with E-state index < -0.39 is 0 Å². The van der Waals surface area contributed by atoms with Gasteiger partial charge in [-0.3, -0.25) is 4.90 Å². The Morgan fingerprint density at radius 1 is 1.36 bits per heavy atom. The zero-order chi connectivity index (χ0) is 10.9. The number of nitrogens with zero attached hydrogens (tertiary/aromatic N) is 2. The molecule has 3 nitrogen and oxygen atoms in total. The smallest absolute Gasteiger partial charge is 0.0276 e. The molecule has 0 bridgehead atoms. The molecule has 1 rings (SSSR count). The highest BCUT2D eigenvalue weighted by Gasteiger charge is 2.37. The molecule has 1 aliphatic rings. The third-order valence-corrected chi connectivity index (χ3v) is 3.59. The van der Waals surface area contributed by atoms with Crippen molar-refractivity contribution in [1.82, 2.24) is 9.80 Å². The maximum atomic E-state index is 5.80. The molecule has 0 amide bonds. The SMILES string of the molecule is CC1CN(C(C)(C)CN)CC1N(C)C. The van der Waals surface area contributed by atoms with Crippen LogP contribution >= 0.6 is 0 Å². The highest BCUT2D eigenvalue weighted by molar-refractivity contribution is 4.94. The second-order valence-electron chi connectivity index (χ2n) is 5.43. The first kappa shape index (κ1) is 12.0. The maximum Gasteiger partial charge on any atom is 0.0276 e. The number of hydrogen-bond donors (Lipinski definition) is 1. The van der Waals surface area contributed by atoms with Crippen LogP contribution in [0.1, 0.15) is 20.8 Å². The highest BCUT2D eigenvalue weighted by atomic mass is 15.3. The number of hydrogen-bond acceptors (Lipinski definition) is 3. The van der Waals surface area contributed by atoms with Gasteiger partial charge in [0, 0.05) is 31.2 Å². The van der Waals surface area contributed by atoms with Crippen LogP contribution in [0, 0.1) is 5.92 Å². The molecule has 1 heterocycles. The van der Waals surface area contributed by atoms with Gasteiger partial charge in [0.05, 0.1) is 0 Å². The van der Waals surface area contributed by atoms with Gasteiger partial charge < -0.3 is 10.6 Å². The average Bonchev–Trinajstić information content (AvgIpc) is 2.48. The van der Waals surface area contributed by atoms with Crippen LogP contribution in [0.15, 0.2) is 0 Å². The normalized spacial score (nSPS) is 30.2. The van der Waals surface area contributed by atoms with E-state index in [1.807, 2.05) is 0 Å². The Morgan fingerprint density at radius 3 is 2.29 bits per heavy atom. The summed E-state index contributed by atoms with van der Waals surface area (Å²) < 4.78 is 0. The number of nitrogens with two attached hydrogens (primary N) is 1. The van der Waals surface area contributed by atoms with Crippen LogP contribution in [-0.2, 0) is 0 Å². The maximum absolute atomic E-state index is 5.80. The van der Waals surface area contributed by atoms with Crippen molar-refractivity contribution in [3.8, 4) is 0 Å².